The summed E-state index contributed by atoms with van der Waals surface area (Å²) in [6, 6.07) is 14.8. The van der Waals surface area contributed by atoms with Crippen molar-refractivity contribution in [2.75, 3.05) is 25.0 Å². The van der Waals surface area contributed by atoms with Crippen LogP contribution in [0.2, 0.25) is 0 Å². The first kappa shape index (κ1) is 21.3. The highest BCUT2D eigenvalue weighted by Gasteiger charge is 2.31. The molecule has 2 aromatic rings. The van der Waals surface area contributed by atoms with Gasteiger partial charge in [0.25, 0.3) is 0 Å². The van der Waals surface area contributed by atoms with Crippen molar-refractivity contribution in [3.63, 3.8) is 0 Å². The average Bonchev–Trinajstić information content (AvgIpc) is 2.71. The van der Waals surface area contributed by atoms with E-state index in [2.05, 4.69) is 5.32 Å². The van der Waals surface area contributed by atoms with Crippen LogP contribution in [-0.4, -0.2) is 38.3 Å². The molecule has 7 heteroatoms. The molecule has 6 nitrogen and oxygen atoms in total. The van der Waals surface area contributed by atoms with Gasteiger partial charge in [-0.3, -0.25) is 4.79 Å². The lowest BCUT2D eigenvalue weighted by atomic mass is 9.97. The number of nitrogens with one attached hydrogen (secondary N) is 1. The molecule has 156 valence electrons. The van der Waals surface area contributed by atoms with Crippen molar-refractivity contribution in [1.82, 2.24) is 4.31 Å². The minimum atomic E-state index is -3.38. The van der Waals surface area contributed by atoms with Crippen molar-refractivity contribution in [2.24, 2.45) is 5.92 Å². The zero-order valence-corrected chi connectivity index (χ0v) is 17.7. The average molecular weight is 417 g/mol. The first-order valence-corrected chi connectivity index (χ1v) is 11.6. The first-order chi connectivity index (χ1) is 13.9. The summed E-state index contributed by atoms with van der Waals surface area (Å²) < 4.78 is 32.3. The van der Waals surface area contributed by atoms with Crippen LogP contribution >= 0.6 is 0 Å². The van der Waals surface area contributed by atoms with Gasteiger partial charge in [0.2, 0.25) is 15.9 Å². The van der Waals surface area contributed by atoms with Crippen LogP contribution in [0, 0.1) is 12.8 Å². The molecule has 1 heterocycles. The second-order valence-corrected chi connectivity index (χ2v) is 9.33. The van der Waals surface area contributed by atoms with Crippen LogP contribution in [-0.2, 0) is 20.6 Å². The summed E-state index contributed by atoms with van der Waals surface area (Å²) >= 11 is 0. The summed E-state index contributed by atoms with van der Waals surface area (Å²) in [5.41, 5.74) is 2.60. The highest BCUT2D eigenvalue weighted by Crippen LogP contribution is 2.24. The van der Waals surface area contributed by atoms with Crippen molar-refractivity contribution >= 4 is 21.6 Å². The predicted molar refractivity (Wildman–Crippen MR) is 114 cm³/mol. The lowest BCUT2D eigenvalue weighted by molar-refractivity contribution is -0.120. The molecule has 0 atom stereocenters. The van der Waals surface area contributed by atoms with Gasteiger partial charge in [-0.05, 0) is 56.5 Å². The Morgan fingerprint density at radius 2 is 1.69 bits per heavy atom. The molecule has 29 heavy (non-hydrogen) atoms. The predicted octanol–water partition coefficient (Wildman–Crippen LogP) is 3.57. The van der Waals surface area contributed by atoms with E-state index in [0.717, 1.165) is 16.9 Å². The fourth-order valence-corrected chi connectivity index (χ4v) is 4.99. The highest BCUT2D eigenvalue weighted by molar-refractivity contribution is 7.88. The molecular formula is C22H28N2O4S. The molecular weight excluding hydrogens is 388 g/mol. The minimum absolute atomic E-state index is 0.00365. The van der Waals surface area contributed by atoms with Gasteiger partial charge in [-0.15, -0.1) is 0 Å². The molecule has 1 amide bonds. The number of sulfonamides is 1. The van der Waals surface area contributed by atoms with Crippen molar-refractivity contribution in [1.29, 1.82) is 0 Å². The number of rotatable bonds is 7. The summed E-state index contributed by atoms with van der Waals surface area (Å²) in [7, 11) is -3.38. The van der Waals surface area contributed by atoms with E-state index in [9.17, 15) is 13.2 Å². The number of aryl methyl sites for hydroxylation is 1. The summed E-state index contributed by atoms with van der Waals surface area (Å²) in [5.74, 6) is 0.505. The first-order valence-electron chi connectivity index (χ1n) is 9.94. The molecule has 0 saturated carbocycles. The molecule has 1 saturated heterocycles. The number of carbonyl (C=O) groups excluding carboxylic acids is 1. The van der Waals surface area contributed by atoms with Crippen LogP contribution in [0.4, 0.5) is 5.69 Å². The van der Waals surface area contributed by atoms with Gasteiger partial charge in [-0.25, -0.2) is 12.7 Å². The third-order valence-corrected chi connectivity index (χ3v) is 6.97. The Balaban J connectivity index is 1.52. The van der Waals surface area contributed by atoms with Gasteiger partial charge in [0.05, 0.1) is 12.4 Å². The van der Waals surface area contributed by atoms with Crippen molar-refractivity contribution < 1.29 is 17.9 Å². The molecule has 1 fully saturated rings. The molecule has 1 aliphatic rings. The number of amides is 1. The third-order valence-electron chi connectivity index (χ3n) is 5.12. The maximum absolute atomic E-state index is 12.7. The Labute approximate surface area is 172 Å². The van der Waals surface area contributed by atoms with Crippen LogP contribution in [0.15, 0.2) is 48.5 Å². The van der Waals surface area contributed by atoms with E-state index in [4.69, 9.17) is 4.74 Å². The number of ether oxygens (including phenoxy) is 1. The van der Waals surface area contributed by atoms with Gasteiger partial charge in [-0.1, -0.05) is 29.8 Å². The summed E-state index contributed by atoms with van der Waals surface area (Å²) in [6.45, 7) is 5.23. The molecule has 0 spiro atoms. The van der Waals surface area contributed by atoms with Gasteiger partial charge in [0, 0.05) is 24.7 Å². The quantitative estimate of drug-likeness (QED) is 0.749. The lowest BCUT2D eigenvalue weighted by Crippen LogP contribution is -2.41. The van der Waals surface area contributed by atoms with E-state index in [1.165, 1.54) is 4.31 Å². The van der Waals surface area contributed by atoms with Gasteiger partial charge in [0.1, 0.15) is 5.75 Å². The fourth-order valence-electron chi connectivity index (χ4n) is 3.43. The largest absolute Gasteiger partial charge is 0.494 e. The third kappa shape index (κ3) is 5.81. The van der Waals surface area contributed by atoms with E-state index in [1.807, 2.05) is 62.4 Å². The maximum Gasteiger partial charge on any atom is 0.227 e. The molecule has 0 bridgehead atoms. The Morgan fingerprint density at radius 1 is 1.07 bits per heavy atom. The second-order valence-electron chi connectivity index (χ2n) is 7.36. The van der Waals surface area contributed by atoms with Crippen LogP contribution in [0.3, 0.4) is 0 Å². The van der Waals surface area contributed by atoms with Crippen molar-refractivity contribution in [3.05, 3.63) is 59.7 Å². The molecule has 0 aliphatic carbocycles. The lowest BCUT2D eigenvalue weighted by Gasteiger charge is -2.30. The number of benzene rings is 2. The maximum atomic E-state index is 12.7. The molecule has 1 N–H and O–H groups in total. The number of carbonyl (C=O) groups is 1. The number of hydrogen-bond acceptors (Lipinski definition) is 4. The zero-order valence-electron chi connectivity index (χ0n) is 16.9. The normalized spacial score (nSPS) is 15.8. The second kappa shape index (κ2) is 9.41. The van der Waals surface area contributed by atoms with Crippen molar-refractivity contribution in [3.8, 4) is 5.75 Å². The Morgan fingerprint density at radius 3 is 2.28 bits per heavy atom. The van der Waals surface area contributed by atoms with Gasteiger partial charge in [-0.2, -0.15) is 0 Å². The van der Waals surface area contributed by atoms with Crippen LogP contribution in [0.5, 0.6) is 5.75 Å². The number of piperidine rings is 1. The Bertz CT molecular complexity index is 916. The van der Waals surface area contributed by atoms with Crippen LogP contribution < -0.4 is 10.1 Å². The number of hydrogen-bond donors (Lipinski definition) is 1. The van der Waals surface area contributed by atoms with Crippen molar-refractivity contribution in [2.45, 2.75) is 32.4 Å². The fraction of sp³-hybridized carbons (Fsp3) is 0.409. The van der Waals surface area contributed by atoms with Crippen LogP contribution in [0.1, 0.15) is 30.9 Å². The molecule has 3 rings (SSSR count). The van der Waals surface area contributed by atoms with E-state index < -0.39 is 10.0 Å². The zero-order chi connectivity index (χ0) is 20.9. The summed E-state index contributed by atoms with van der Waals surface area (Å²) in [4.78, 5) is 12.5. The molecule has 0 aromatic heterocycles. The summed E-state index contributed by atoms with van der Waals surface area (Å²) in [6.07, 6.45) is 1.05. The van der Waals surface area contributed by atoms with E-state index in [1.54, 1.807) is 0 Å². The van der Waals surface area contributed by atoms with Gasteiger partial charge in [0.15, 0.2) is 0 Å². The molecule has 0 radical (unpaired) electrons. The highest BCUT2D eigenvalue weighted by atomic mass is 32.2. The standard InChI is InChI=1S/C22H28N2O4S/c1-3-28-21-10-8-20(9-11-21)23-22(25)19-12-14-24(15-13-19)29(26,27)16-18-6-4-17(2)5-7-18/h4-11,19H,3,12-16H2,1-2H3,(H,23,25). The van der Waals surface area contributed by atoms with Gasteiger partial charge < -0.3 is 10.1 Å². The smallest absolute Gasteiger partial charge is 0.227 e. The Kier molecular flexibility index (Phi) is 6.92. The SMILES string of the molecule is CCOc1ccc(NC(=O)C2CCN(S(=O)(=O)Cc3ccc(C)cc3)CC2)cc1. The van der Waals surface area contributed by atoms with Gasteiger partial charge >= 0.3 is 0 Å². The topological polar surface area (TPSA) is 75.7 Å². The minimum Gasteiger partial charge on any atom is -0.494 e. The van der Waals surface area contributed by atoms with E-state index in [-0.39, 0.29) is 17.6 Å². The number of anilines is 1. The molecule has 2 aromatic carbocycles. The van der Waals surface area contributed by atoms with Crippen LogP contribution in [0.25, 0.3) is 0 Å². The molecule has 0 unspecified atom stereocenters. The Hall–Kier alpha value is -2.38. The molecule has 1 aliphatic heterocycles. The summed E-state index contributed by atoms with van der Waals surface area (Å²) in [5, 5.41) is 2.92. The monoisotopic (exact) mass is 416 g/mol. The number of nitrogens with zero attached hydrogens (tertiary/aromatic N) is 1. The van der Waals surface area contributed by atoms with E-state index in [0.29, 0.717) is 38.2 Å². The van der Waals surface area contributed by atoms with E-state index >= 15 is 0 Å².